The predicted molar refractivity (Wildman–Crippen MR) is 125 cm³/mol. The molecule has 0 spiro atoms. The van der Waals surface area contributed by atoms with E-state index in [-0.39, 0.29) is 19.2 Å². The maximum absolute atomic E-state index is 13.8. The maximum Gasteiger partial charge on any atom is 0.405 e. The van der Waals surface area contributed by atoms with Crippen molar-refractivity contribution in [1.82, 2.24) is 29.5 Å². The highest BCUT2D eigenvalue weighted by Crippen LogP contribution is 2.29. The van der Waals surface area contributed by atoms with Gasteiger partial charge in [-0.25, -0.2) is 14.8 Å². The molecular formula is C24H29F3N6O2. The van der Waals surface area contributed by atoms with Gasteiger partial charge >= 0.3 is 12.2 Å². The van der Waals surface area contributed by atoms with Gasteiger partial charge in [-0.05, 0) is 38.9 Å². The molecular weight excluding hydrogens is 461 g/mol. The van der Waals surface area contributed by atoms with E-state index in [9.17, 15) is 18.0 Å². The van der Waals surface area contributed by atoms with E-state index in [1.54, 1.807) is 23.7 Å². The van der Waals surface area contributed by atoms with Gasteiger partial charge in [-0.1, -0.05) is 18.2 Å². The Kier molecular flexibility index (Phi) is 7.15. The molecule has 0 saturated carbocycles. The Morgan fingerprint density at radius 2 is 2.09 bits per heavy atom. The number of rotatable bonds is 1. The number of fused-ring (bicyclic) bond motifs is 7. The molecule has 1 N–H and O–H groups in total. The van der Waals surface area contributed by atoms with Crippen LogP contribution in [0.25, 0.3) is 16.9 Å². The minimum atomic E-state index is -4.50. The van der Waals surface area contributed by atoms with E-state index in [0.29, 0.717) is 30.2 Å². The number of nitrogens with zero attached hydrogens (tertiary/aromatic N) is 5. The standard InChI is InChI=1S/C24H29F3N6O2/c1-4-33-16(2)17-7-5-8-18(13-17)19-15-32-11-9-28-21(32)22(30-19)35-12-6-10-31(3)20(24(25,26)27)14-29-23(33)34/h5,7-9,11,13,15-16,20H,4,6,10,12,14H2,1-3H3,(H,29,34). The van der Waals surface area contributed by atoms with Crippen LogP contribution >= 0.6 is 0 Å². The zero-order chi connectivity index (χ0) is 25.2. The third-order valence-corrected chi connectivity index (χ3v) is 6.33. The second-order valence-electron chi connectivity index (χ2n) is 8.60. The Morgan fingerprint density at radius 3 is 2.83 bits per heavy atom. The van der Waals surface area contributed by atoms with Gasteiger partial charge in [0.15, 0.2) is 0 Å². The number of halogens is 3. The number of benzene rings is 1. The second kappa shape index (κ2) is 10.1. The minimum absolute atomic E-state index is 0.124. The first-order valence-corrected chi connectivity index (χ1v) is 11.6. The summed E-state index contributed by atoms with van der Waals surface area (Å²) in [6.45, 7) is 3.74. The fourth-order valence-corrected chi connectivity index (χ4v) is 4.32. The zero-order valence-electron chi connectivity index (χ0n) is 19.9. The number of aromatic nitrogens is 3. The maximum atomic E-state index is 13.8. The van der Waals surface area contributed by atoms with Crippen molar-refractivity contribution in [1.29, 1.82) is 0 Å². The predicted octanol–water partition coefficient (Wildman–Crippen LogP) is 4.13. The largest absolute Gasteiger partial charge is 0.475 e. The van der Waals surface area contributed by atoms with Crippen LogP contribution < -0.4 is 10.1 Å². The molecule has 0 fully saturated rings. The van der Waals surface area contributed by atoms with Crippen LogP contribution in [0.1, 0.15) is 31.9 Å². The molecule has 2 unspecified atom stereocenters. The molecule has 0 aliphatic carbocycles. The molecule has 3 aromatic rings. The average Bonchev–Trinajstić information content (AvgIpc) is 3.30. The Labute approximate surface area is 201 Å². The van der Waals surface area contributed by atoms with Gasteiger partial charge in [0.1, 0.15) is 6.04 Å². The Hall–Kier alpha value is -3.34. The van der Waals surface area contributed by atoms with E-state index in [2.05, 4.69) is 15.3 Å². The van der Waals surface area contributed by atoms with Gasteiger partial charge in [-0.2, -0.15) is 13.2 Å². The third-order valence-electron chi connectivity index (χ3n) is 6.33. The molecule has 35 heavy (non-hydrogen) atoms. The van der Waals surface area contributed by atoms with Crippen LogP contribution in [0.15, 0.2) is 42.9 Å². The number of ether oxygens (including phenoxy) is 1. The van der Waals surface area contributed by atoms with Crippen molar-refractivity contribution < 1.29 is 22.7 Å². The molecule has 1 aromatic carbocycles. The lowest BCUT2D eigenvalue weighted by molar-refractivity contribution is -0.178. The normalized spacial score (nSPS) is 20.9. The van der Waals surface area contributed by atoms with Crippen LogP contribution in [0, 0.1) is 0 Å². The van der Waals surface area contributed by atoms with E-state index in [1.165, 1.54) is 16.8 Å². The molecule has 4 bridgehead atoms. The second-order valence-corrected chi connectivity index (χ2v) is 8.60. The molecule has 1 aliphatic rings. The van der Waals surface area contributed by atoms with Crippen LogP contribution in [0.5, 0.6) is 5.88 Å². The molecule has 2 amide bonds. The van der Waals surface area contributed by atoms with Gasteiger partial charge in [-0.3, -0.25) is 4.90 Å². The highest BCUT2D eigenvalue weighted by atomic mass is 19.4. The molecule has 2 atom stereocenters. The highest BCUT2D eigenvalue weighted by Gasteiger charge is 2.42. The quantitative estimate of drug-likeness (QED) is 0.555. The number of urea groups is 1. The molecule has 0 saturated heterocycles. The SMILES string of the molecule is CCN1C(=O)NCC(C(F)(F)F)N(C)CCCOc2nc(cn3ccnc23)-c2cccc(c2)C1C. The number of imidazole rings is 1. The first-order valence-electron chi connectivity index (χ1n) is 11.6. The zero-order valence-corrected chi connectivity index (χ0v) is 19.9. The summed E-state index contributed by atoms with van der Waals surface area (Å²) < 4.78 is 49.0. The van der Waals surface area contributed by atoms with Crippen LogP contribution in [0.2, 0.25) is 0 Å². The number of amides is 2. The van der Waals surface area contributed by atoms with Gasteiger partial charge < -0.3 is 19.4 Å². The summed E-state index contributed by atoms with van der Waals surface area (Å²) in [7, 11) is 1.40. The van der Waals surface area contributed by atoms with Crippen molar-refractivity contribution in [3.63, 3.8) is 0 Å². The number of nitrogens with one attached hydrogen (secondary N) is 1. The Bertz CT molecular complexity index is 1180. The molecule has 188 valence electrons. The van der Waals surface area contributed by atoms with Crippen LogP contribution in [0.4, 0.5) is 18.0 Å². The van der Waals surface area contributed by atoms with Crippen molar-refractivity contribution in [2.45, 2.75) is 38.5 Å². The van der Waals surface area contributed by atoms with E-state index < -0.39 is 24.8 Å². The molecule has 3 heterocycles. The molecule has 1 aliphatic heterocycles. The van der Waals surface area contributed by atoms with Crippen molar-refractivity contribution in [2.75, 3.05) is 33.3 Å². The summed E-state index contributed by atoms with van der Waals surface area (Å²) in [5.74, 6) is 0.317. The van der Waals surface area contributed by atoms with Crippen LogP contribution in [0.3, 0.4) is 0 Å². The number of likely N-dealkylation sites (N-methyl/N-ethyl adjacent to an activating group) is 1. The summed E-state index contributed by atoms with van der Waals surface area (Å²) in [5, 5.41) is 2.50. The lowest BCUT2D eigenvalue weighted by atomic mass is 10.0. The van der Waals surface area contributed by atoms with Gasteiger partial charge in [0.25, 0.3) is 5.88 Å². The lowest BCUT2D eigenvalue weighted by Gasteiger charge is -2.32. The van der Waals surface area contributed by atoms with Crippen molar-refractivity contribution in [2.24, 2.45) is 0 Å². The molecule has 2 aromatic heterocycles. The first-order chi connectivity index (χ1) is 16.7. The Morgan fingerprint density at radius 1 is 1.29 bits per heavy atom. The summed E-state index contributed by atoms with van der Waals surface area (Å²) in [6, 6.07) is 4.87. The number of alkyl halides is 3. The Balaban J connectivity index is 1.75. The number of hydrogen-bond donors (Lipinski definition) is 1. The molecule has 11 heteroatoms. The molecule has 8 nitrogen and oxygen atoms in total. The van der Waals surface area contributed by atoms with Crippen molar-refractivity contribution in [3.8, 4) is 17.1 Å². The lowest BCUT2D eigenvalue weighted by Crippen LogP contribution is -2.53. The summed E-state index contributed by atoms with van der Waals surface area (Å²) >= 11 is 0. The fourth-order valence-electron chi connectivity index (χ4n) is 4.32. The van der Waals surface area contributed by atoms with E-state index in [0.717, 1.165) is 11.1 Å². The highest BCUT2D eigenvalue weighted by molar-refractivity contribution is 5.75. The molecule has 4 rings (SSSR count). The van der Waals surface area contributed by atoms with Gasteiger partial charge in [0, 0.05) is 43.8 Å². The van der Waals surface area contributed by atoms with E-state index in [1.807, 2.05) is 37.4 Å². The smallest absolute Gasteiger partial charge is 0.405 e. The summed E-state index contributed by atoms with van der Waals surface area (Å²) in [5.41, 5.74) is 2.85. The van der Waals surface area contributed by atoms with Crippen molar-refractivity contribution in [3.05, 3.63) is 48.4 Å². The molecule has 0 radical (unpaired) electrons. The monoisotopic (exact) mass is 490 g/mol. The van der Waals surface area contributed by atoms with E-state index in [4.69, 9.17) is 4.74 Å². The number of hydrogen-bond acceptors (Lipinski definition) is 5. The van der Waals surface area contributed by atoms with Crippen LogP contribution in [-0.2, 0) is 0 Å². The number of carbonyl (C=O) groups excluding carboxylic acids is 1. The van der Waals surface area contributed by atoms with Crippen LogP contribution in [-0.4, -0.2) is 75.7 Å². The summed E-state index contributed by atoms with van der Waals surface area (Å²) in [6.07, 6.45) is 1.11. The minimum Gasteiger partial charge on any atom is -0.475 e. The van der Waals surface area contributed by atoms with Crippen molar-refractivity contribution >= 4 is 11.7 Å². The van der Waals surface area contributed by atoms with Gasteiger partial charge in [0.2, 0.25) is 5.65 Å². The summed E-state index contributed by atoms with van der Waals surface area (Å²) in [4.78, 5) is 24.6. The third kappa shape index (κ3) is 5.34. The van der Waals surface area contributed by atoms with E-state index >= 15 is 0 Å². The average molecular weight is 491 g/mol. The number of carbonyl (C=O) groups is 1. The first kappa shape index (κ1) is 24.8. The van der Waals surface area contributed by atoms with Gasteiger partial charge in [-0.15, -0.1) is 0 Å². The fraction of sp³-hybridized carbons (Fsp3) is 0.458. The van der Waals surface area contributed by atoms with Gasteiger partial charge in [0.05, 0.1) is 18.3 Å². The topological polar surface area (TPSA) is 75.0 Å².